The Morgan fingerprint density at radius 2 is 1.77 bits per heavy atom. The van der Waals surface area contributed by atoms with Crippen LogP contribution in [-0.2, 0) is 20.2 Å². The number of anilines is 1. The van der Waals surface area contributed by atoms with E-state index in [2.05, 4.69) is 5.32 Å². The van der Waals surface area contributed by atoms with Crippen molar-refractivity contribution in [3.05, 3.63) is 59.7 Å². The van der Waals surface area contributed by atoms with Gasteiger partial charge in [-0.1, -0.05) is 36.4 Å². The number of nitrogens with one attached hydrogen (secondary N) is 1. The van der Waals surface area contributed by atoms with Crippen LogP contribution in [0.1, 0.15) is 37.8 Å². The van der Waals surface area contributed by atoms with Crippen LogP contribution in [0.25, 0.3) is 0 Å². The second-order valence-electron chi connectivity index (χ2n) is 7.63. The molecule has 1 heterocycles. The molecule has 162 valence electrons. The predicted octanol–water partition coefficient (Wildman–Crippen LogP) is 3.72. The normalized spacial score (nSPS) is 16.8. The van der Waals surface area contributed by atoms with Gasteiger partial charge in [0.1, 0.15) is 5.75 Å². The van der Waals surface area contributed by atoms with E-state index < -0.39 is 15.4 Å². The van der Waals surface area contributed by atoms with Crippen molar-refractivity contribution < 1.29 is 17.9 Å². The number of sulfonamides is 1. The maximum Gasteiger partial charge on any atom is 0.235 e. The Labute approximate surface area is 179 Å². The topological polar surface area (TPSA) is 75.7 Å². The molecule has 1 aliphatic rings. The zero-order valence-corrected chi connectivity index (χ0v) is 18.7. The van der Waals surface area contributed by atoms with Gasteiger partial charge < -0.3 is 10.1 Å². The Balaban J connectivity index is 1.92. The molecule has 3 rings (SSSR count). The number of aryl methyl sites for hydroxylation is 1. The van der Waals surface area contributed by atoms with Crippen LogP contribution in [0.2, 0.25) is 0 Å². The van der Waals surface area contributed by atoms with Crippen molar-refractivity contribution in [3.63, 3.8) is 0 Å². The van der Waals surface area contributed by atoms with E-state index in [1.54, 1.807) is 6.92 Å². The van der Waals surface area contributed by atoms with Crippen LogP contribution >= 0.6 is 0 Å². The number of rotatable bonds is 7. The first-order valence-electron chi connectivity index (χ1n) is 10.4. The zero-order chi connectivity index (χ0) is 21.8. The minimum atomic E-state index is -3.28. The summed E-state index contributed by atoms with van der Waals surface area (Å²) in [6.45, 7) is 6.68. The van der Waals surface area contributed by atoms with Crippen LogP contribution in [0.5, 0.6) is 5.75 Å². The van der Waals surface area contributed by atoms with Crippen molar-refractivity contribution in [1.29, 1.82) is 0 Å². The van der Waals surface area contributed by atoms with Crippen molar-refractivity contribution in [2.45, 2.75) is 39.0 Å². The quantitative estimate of drug-likeness (QED) is 0.726. The lowest BCUT2D eigenvalue weighted by Crippen LogP contribution is -2.51. The van der Waals surface area contributed by atoms with Crippen molar-refractivity contribution in [1.82, 2.24) is 4.31 Å². The summed E-state index contributed by atoms with van der Waals surface area (Å²) in [7, 11) is -3.28. The fourth-order valence-electron chi connectivity index (χ4n) is 3.98. The number of ether oxygens (including phenoxy) is 1. The lowest BCUT2D eigenvalue weighted by molar-refractivity contribution is -0.123. The molecule has 1 amide bonds. The third kappa shape index (κ3) is 4.52. The summed E-state index contributed by atoms with van der Waals surface area (Å²) in [6.07, 6.45) is 0.857. The average molecular weight is 431 g/mol. The maximum absolute atomic E-state index is 13.6. The average Bonchev–Trinajstić information content (AvgIpc) is 2.76. The summed E-state index contributed by atoms with van der Waals surface area (Å²) in [5.74, 6) is 0.575. The lowest BCUT2D eigenvalue weighted by Gasteiger charge is -2.40. The van der Waals surface area contributed by atoms with E-state index in [9.17, 15) is 13.2 Å². The standard InChI is InChI=1S/C23H30N2O4S/c1-4-29-21-17-18(3)11-12-20(21)24-22(26)23(19-9-7-6-8-10-19)13-15-25(16-14-23)30(27,28)5-2/h6-12,17H,4-5,13-16H2,1-3H3,(H,24,26). The van der Waals surface area contributed by atoms with Gasteiger partial charge in [-0.25, -0.2) is 12.7 Å². The highest BCUT2D eigenvalue weighted by atomic mass is 32.2. The van der Waals surface area contributed by atoms with Gasteiger partial charge in [-0.3, -0.25) is 4.79 Å². The van der Waals surface area contributed by atoms with Crippen molar-refractivity contribution >= 4 is 21.6 Å². The van der Waals surface area contributed by atoms with E-state index in [-0.39, 0.29) is 11.7 Å². The van der Waals surface area contributed by atoms with Crippen LogP contribution in [0.15, 0.2) is 48.5 Å². The molecule has 0 aliphatic carbocycles. The molecule has 1 saturated heterocycles. The van der Waals surface area contributed by atoms with E-state index >= 15 is 0 Å². The van der Waals surface area contributed by atoms with Crippen molar-refractivity contribution in [2.75, 3.05) is 30.8 Å². The van der Waals surface area contributed by atoms with Gasteiger partial charge in [0.2, 0.25) is 15.9 Å². The first kappa shape index (κ1) is 22.3. The van der Waals surface area contributed by atoms with Gasteiger partial charge in [-0.2, -0.15) is 0 Å². The van der Waals surface area contributed by atoms with Crippen molar-refractivity contribution in [3.8, 4) is 5.75 Å². The second-order valence-corrected chi connectivity index (χ2v) is 9.89. The number of nitrogens with zero attached hydrogens (tertiary/aromatic N) is 1. The molecule has 6 nitrogen and oxygen atoms in total. The first-order valence-corrected chi connectivity index (χ1v) is 12.0. The second kappa shape index (κ2) is 9.18. The molecule has 0 bridgehead atoms. The van der Waals surface area contributed by atoms with Gasteiger partial charge in [-0.15, -0.1) is 0 Å². The summed E-state index contributed by atoms with van der Waals surface area (Å²) in [4.78, 5) is 13.6. The molecule has 7 heteroatoms. The third-order valence-electron chi connectivity index (χ3n) is 5.78. The van der Waals surface area contributed by atoms with E-state index in [0.717, 1.165) is 11.1 Å². The highest BCUT2D eigenvalue weighted by Gasteiger charge is 2.44. The monoisotopic (exact) mass is 430 g/mol. The van der Waals surface area contributed by atoms with Gasteiger partial charge in [-0.05, 0) is 56.9 Å². The molecule has 1 N–H and O–H groups in total. The Hall–Kier alpha value is -2.38. The van der Waals surface area contributed by atoms with E-state index in [1.165, 1.54) is 4.31 Å². The van der Waals surface area contributed by atoms with Gasteiger partial charge in [0.25, 0.3) is 0 Å². The van der Waals surface area contributed by atoms with Gasteiger partial charge in [0.15, 0.2) is 0 Å². The molecule has 0 saturated carbocycles. The number of amides is 1. The zero-order valence-electron chi connectivity index (χ0n) is 17.8. The molecule has 1 fully saturated rings. The fourth-order valence-corrected chi connectivity index (χ4v) is 5.09. The van der Waals surface area contributed by atoms with Gasteiger partial charge >= 0.3 is 0 Å². The molecular formula is C23H30N2O4S. The number of carbonyl (C=O) groups is 1. The maximum atomic E-state index is 13.6. The number of benzene rings is 2. The fraction of sp³-hybridized carbons (Fsp3) is 0.435. The van der Waals surface area contributed by atoms with Gasteiger partial charge in [0, 0.05) is 13.1 Å². The van der Waals surface area contributed by atoms with E-state index in [4.69, 9.17) is 4.74 Å². The molecule has 2 aromatic carbocycles. The number of hydrogen-bond acceptors (Lipinski definition) is 4. The Bertz CT molecular complexity index is 982. The summed E-state index contributed by atoms with van der Waals surface area (Å²) in [6, 6.07) is 15.3. The molecule has 0 radical (unpaired) electrons. The Kier molecular flexibility index (Phi) is 6.83. The number of carbonyl (C=O) groups excluding carboxylic acids is 1. The Morgan fingerprint density at radius 3 is 2.37 bits per heavy atom. The first-order chi connectivity index (χ1) is 14.3. The molecule has 0 unspecified atom stereocenters. The van der Waals surface area contributed by atoms with Crippen LogP contribution in [0.4, 0.5) is 5.69 Å². The molecule has 2 aromatic rings. The molecule has 30 heavy (non-hydrogen) atoms. The number of hydrogen-bond donors (Lipinski definition) is 1. The van der Waals surface area contributed by atoms with Crippen LogP contribution in [0.3, 0.4) is 0 Å². The summed E-state index contributed by atoms with van der Waals surface area (Å²) < 4.78 is 31.9. The number of piperidine rings is 1. The highest BCUT2D eigenvalue weighted by Crippen LogP contribution is 2.38. The molecular weight excluding hydrogens is 400 g/mol. The molecule has 0 spiro atoms. The summed E-state index contributed by atoms with van der Waals surface area (Å²) >= 11 is 0. The van der Waals surface area contributed by atoms with E-state index in [0.29, 0.717) is 44.0 Å². The molecule has 1 aliphatic heterocycles. The lowest BCUT2D eigenvalue weighted by atomic mass is 9.72. The van der Waals surface area contributed by atoms with Crippen LogP contribution < -0.4 is 10.1 Å². The summed E-state index contributed by atoms with van der Waals surface area (Å²) in [5, 5.41) is 3.07. The van der Waals surface area contributed by atoms with Crippen LogP contribution in [0, 0.1) is 6.92 Å². The SMILES string of the molecule is CCOc1cc(C)ccc1NC(=O)C1(c2ccccc2)CCN(S(=O)(=O)CC)CC1. The Morgan fingerprint density at radius 1 is 1.10 bits per heavy atom. The highest BCUT2D eigenvalue weighted by molar-refractivity contribution is 7.89. The molecule has 0 atom stereocenters. The molecule has 0 aromatic heterocycles. The largest absolute Gasteiger partial charge is 0.492 e. The third-order valence-corrected chi connectivity index (χ3v) is 7.66. The minimum Gasteiger partial charge on any atom is -0.492 e. The van der Waals surface area contributed by atoms with Crippen molar-refractivity contribution in [2.24, 2.45) is 0 Å². The minimum absolute atomic E-state index is 0.0681. The predicted molar refractivity (Wildman–Crippen MR) is 119 cm³/mol. The summed E-state index contributed by atoms with van der Waals surface area (Å²) in [5.41, 5.74) is 1.79. The van der Waals surface area contributed by atoms with E-state index in [1.807, 2.05) is 62.4 Å². The van der Waals surface area contributed by atoms with Crippen LogP contribution in [-0.4, -0.2) is 44.1 Å². The van der Waals surface area contributed by atoms with Gasteiger partial charge in [0.05, 0.1) is 23.5 Å². The smallest absolute Gasteiger partial charge is 0.235 e.